The summed E-state index contributed by atoms with van der Waals surface area (Å²) < 4.78 is 0. The van der Waals surface area contributed by atoms with E-state index < -0.39 is 0 Å². The van der Waals surface area contributed by atoms with Crippen molar-refractivity contribution < 1.29 is 0 Å². The molecule has 0 aromatic heterocycles. The first-order valence-corrected chi connectivity index (χ1v) is 8.05. The predicted molar refractivity (Wildman–Crippen MR) is 87.4 cm³/mol. The zero-order valence-electron chi connectivity index (χ0n) is 13.8. The van der Waals surface area contributed by atoms with Crippen molar-refractivity contribution in [2.75, 3.05) is 59.4 Å². The van der Waals surface area contributed by atoms with Crippen LogP contribution < -0.4 is 10.6 Å². The van der Waals surface area contributed by atoms with Gasteiger partial charge in [-0.15, -0.1) is 0 Å². The molecule has 118 valence electrons. The van der Waals surface area contributed by atoms with E-state index in [0.29, 0.717) is 0 Å². The molecule has 2 N–H and O–H groups in total. The topological polar surface area (TPSA) is 42.9 Å². The molecule has 0 aromatic carbocycles. The molecule has 1 rings (SSSR count). The minimum atomic E-state index is 0.732. The van der Waals surface area contributed by atoms with Gasteiger partial charge in [-0.25, -0.2) is 0 Å². The van der Waals surface area contributed by atoms with Gasteiger partial charge < -0.3 is 15.5 Å². The highest BCUT2D eigenvalue weighted by Crippen LogP contribution is 2.00. The Balaban J connectivity index is 2.10. The van der Waals surface area contributed by atoms with Gasteiger partial charge >= 0.3 is 0 Å². The Morgan fingerprint density at radius 3 is 2.20 bits per heavy atom. The average molecular weight is 283 g/mol. The maximum atomic E-state index is 4.26. The van der Waals surface area contributed by atoms with Crippen molar-refractivity contribution in [3.8, 4) is 0 Å². The molecule has 1 aliphatic rings. The average Bonchev–Trinajstić information content (AvgIpc) is 2.46. The lowest BCUT2D eigenvalue weighted by Crippen LogP contribution is -2.49. The van der Waals surface area contributed by atoms with Gasteiger partial charge in [0.2, 0.25) is 0 Å². The summed E-state index contributed by atoms with van der Waals surface area (Å²) in [5.74, 6) is 1.66. The van der Waals surface area contributed by atoms with Crippen LogP contribution >= 0.6 is 0 Å². The Morgan fingerprint density at radius 1 is 1.05 bits per heavy atom. The lowest BCUT2D eigenvalue weighted by atomic mass is 10.1. The van der Waals surface area contributed by atoms with Crippen LogP contribution in [0.5, 0.6) is 0 Å². The minimum Gasteiger partial charge on any atom is -0.356 e. The molecule has 0 atom stereocenters. The van der Waals surface area contributed by atoms with Crippen molar-refractivity contribution in [1.82, 2.24) is 20.4 Å². The van der Waals surface area contributed by atoms with Crippen LogP contribution in [-0.4, -0.2) is 75.2 Å². The Kier molecular flexibility index (Phi) is 8.62. The van der Waals surface area contributed by atoms with E-state index in [9.17, 15) is 0 Å². The van der Waals surface area contributed by atoms with E-state index >= 15 is 0 Å². The van der Waals surface area contributed by atoms with Gasteiger partial charge in [0.1, 0.15) is 0 Å². The lowest BCUT2D eigenvalue weighted by Gasteiger charge is -2.34. The van der Waals surface area contributed by atoms with Crippen molar-refractivity contribution in [3.63, 3.8) is 0 Å². The summed E-state index contributed by atoms with van der Waals surface area (Å²) in [4.78, 5) is 9.30. The van der Waals surface area contributed by atoms with Gasteiger partial charge in [-0.1, -0.05) is 20.8 Å². The predicted octanol–water partition coefficient (Wildman–Crippen LogP) is 0.835. The first-order chi connectivity index (χ1) is 9.65. The molecular formula is C15H33N5. The molecule has 0 bridgehead atoms. The zero-order valence-corrected chi connectivity index (χ0v) is 13.8. The summed E-state index contributed by atoms with van der Waals surface area (Å²) in [6.45, 7) is 15.8. The lowest BCUT2D eigenvalue weighted by molar-refractivity contribution is 0.139. The fraction of sp³-hybridized carbons (Fsp3) is 0.933. The van der Waals surface area contributed by atoms with Crippen LogP contribution in [0.25, 0.3) is 0 Å². The number of rotatable bonds is 7. The number of nitrogens with one attached hydrogen (secondary N) is 2. The molecule has 5 heteroatoms. The third-order valence-corrected chi connectivity index (χ3v) is 3.87. The largest absolute Gasteiger partial charge is 0.356 e. The van der Waals surface area contributed by atoms with E-state index in [1.807, 2.05) is 7.05 Å². The third kappa shape index (κ3) is 7.10. The van der Waals surface area contributed by atoms with Crippen LogP contribution in [0.4, 0.5) is 0 Å². The number of piperazine rings is 1. The normalized spacial score (nSPS) is 18.6. The van der Waals surface area contributed by atoms with Gasteiger partial charge in [-0.05, 0) is 18.9 Å². The Hall–Kier alpha value is -0.810. The maximum Gasteiger partial charge on any atom is 0.191 e. The fourth-order valence-corrected chi connectivity index (χ4v) is 2.36. The summed E-state index contributed by atoms with van der Waals surface area (Å²) >= 11 is 0. The summed E-state index contributed by atoms with van der Waals surface area (Å²) in [5, 5.41) is 6.77. The fourth-order valence-electron chi connectivity index (χ4n) is 2.36. The Labute approximate surface area is 124 Å². The second kappa shape index (κ2) is 10.00. The summed E-state index contributed by atoms with van der Waals surface area (Å²) in [5.41, 5.74) is 0. The zero-order chi connectivity index (χ0) is 14.8. The molecule has 0 spiro atoms. The van der Waals surface area contributed by atoms with Crippen LogP contribution in [0, 0.1) is 5.92 Å². The smallest absolute Gasteiger partial charge is 0.191 e. The summed E-state index contributed by atoms with van der Waals surface area (Å²) in [6.07, 6.45) is 1.18. The standard InChI is InChI=1S/C15H33N5/c1-5-19-10-12-20(13-11-19)9-8-18-15(16-4)17-7-6-14(2)3/h14H,5-13H2,1-4H3,(H2,16,17,18). The molecule has 5 nitrogen and oxygen atoms in total. The van der Waals surface area contributed by atoms with Gasteiger partial charge in [0.05, 0.1) is 0 Å². The van der Waals surface area contributed by atoms with Crippen LogP contribution in [0.2, 0.25) is 0 Å². The first kappa shape index (κ1) is 17.2. The van der Waals surface area contributed by atoms with E-state index in [0.717, 1.165) is 31.5 Å². The van der Waals surface area contributed by atoms with Gasteiger partial charge in [0.25, 0.3) is 0 Å². The highest BCUT2D eigenvalue weighted by atomic mass is 15.3. The number of likely N-dealkylation sites (N-methyl/N-ethyl adjacent to an activating group) is 1. The SMILES string of the molecule is CCN1CCN(CCNC(=NC)NCCC(C)C)CC1. The van der Waals surface area contributed by atoms with E-state index in [-0.39, 0.29) is 0 Å². The number of nitrogens with zero attached hydrogens (tertiary/aromatic N) is 3. The van der Waals surface area contributed by atoms with Crippen molar-refractivity contribution in [3.05, 3.63) is 0 Å². The number of guanidine groups is 1. The molecule has 0 aliphatic carbocycles. The van der Waals surface area contributed by atoms with Crippen molar-refractivity contribution in [2.45, 2.75) is 27.2 Å². The van der Waals surface area contributed by atoms with Gasteiger partial charge in [0.15, 0.2) is 5.96 Å². The number of hydrogen-bond acceptors (Lipinski definition) is 3. The maximum absolute atomic E-state index is 4.26. The molecule has 1 saturated heterocycles. The third-order valence-electron chi connectivity index (χ3n) is 3.87. The van der Waals surface area contributed by atoms with Gasteiger partial charge in [0, 0.05) is 52.9 Å². The minimum absolute atomic E-state index is 0.732. The monoisotopic (exact) mass is 283 g/mol. The summed E-state index contributed by atoms with van der Waals surface area (Å²) in [7, 11) is 1.84. The molecule has 0 unspecified atom stereocenters. The van der Waals surface area contributed by atoms with Gasteiger partial charge in [-0.3, -0.25) is 9.89 Å². The van der Waals surface area contributed by atoms with Crippen LogP contribution in [0.15, 0.2) is 4.99 Å². The van der Waals surface area contributed by atoms with Crippen LogP contribution in [0.3, 0.4) is 0 Å². The highest BCUT2D eigenvalue weighted by Gasteiger charge is 2.14. The van der Waals surface area contributed by atoms with Crippen LogP contribution in [-0.2, 0) is 0 Å². The molecule has 0 saturated carbocycles. The quantitative estimate of drug-likeness (QED) is 0.537. The number of hydrogen-bond donors (Lipinski definition) is 2. The van der Waals surface area contributed by atoms with Crippen molar-refractivity contribution in [2.24, 2.45) is 10.9 Å². The van der Waals surface area contributed by atoms with Gasteiger partial charge in [-0.2, -0.15) is 0 Å². The Morgan fingerprint density at radius 2 is 1.65 bits per heavy atom. The Bertz CT molecular complexity index is 269. The molecule has 0 amide bonds. The second-order valence-corrected chi connectivity index (χ2v) is 5.88. The highest BCUT2D eigenvalue weighted by molar-refractivity contribution is 5.79. The molecule has 1 fully saturated rings. The molecule has 20 heavy (non-hydrogen) atoms. The van der Waals surface area contributed by atoms with E-state index in [1.165, 1.54) is 39.1 Å². The summed E-state index contributed by atoms with van der Waals surface area (Å²) in [6, 6.07) is 0. The van der Waals surface area contributed by atoms with E-state index in [2.05, 4.69) is 46.2 Å². The van der Waals surface area contributed by atoms with Crippen molar-refractivity contribution in [1.29, 1.82) is 0 Å². The second-order valence-electron chi connectivity index (χ2n) is 5.88. The first-order valence-electron chi connectivity index (χ1n) is 8.05. The molecule has 1 aliphatic heterocycles. The molecular weight excluding hydrogens is 250 g/mol. The molecule has 1 heterocycles. The molecule has 0 radical (unpaired) electrons. The van der Waals surface area contributed by atoms with E-state index in [1.54, 1.807) is 0 Å². The van der Waals surface area contributed by atoms with E-state index in [4.69, 9.17) is 0 Å². The number of aliphatic imine (C=N–C) groups is 1. The van der Waals surface area contributed by atoms with Crippen LogP contribution in [0.1, 0.15) is 27.2 Å². The van der Waals surface area contributed by atoms with Crippen molar-refractivity contribution >= 4 is 5.96 Å². The molecule has 0 aromatic rings.